The van der Waals surface area contributed by atoms with Crippen LogP contribution in [0.15, 0.2) is 97.7 Å². The number of hydrogen-bond donors (Lipinski definition) is 18. The molecule has 1 unspecified atom stereocenters. The Morgan fingerprint density at radius 1 is 0.511 bits per heavy atom. The zero-order chi connectivity index (χ0) is 97.0. The number of nitrogens with zero attached hydrogens (tertiary/aromatic N) is 6. The number of phenols is 1. The monoisotopic (exact) mass is 1860 g/mol. The van der Waals surface area contributed by atoms with Crippen molar-refractivity contribution in [2.75, 3.05) is 58.9 Å². The number of H-pyrrole nitrogens is 3. The maximum Gasteiger partial charge on any atom is 0.246 e. The van der Waals surface area contributed by atoms with Gasteiger partial charge in [-0.15, -0.1) is 11.8 Å². The highest BCUT2D eigenvalue weighted by molar-refractivity contribution is 8.00. The highest BCUT2D eigenvalue weighted by Crippen LogP contribution is 2.28. The Balaban J connectivity index is 1.09. The number of aromatic amines is 3. The van der Waals surface area contributed by atoms with Crippen LogP contribution >= 0.6 is 11.8 Å². The van der Waals surface area contributed by atoms with E-state index in [9.17, 15) is 58.2 Å². The van der Waals surface area contributed by atoms with Crippen LogP contribution in [0.25, 0.3) is 21.8 Å². The van der Waals surface area contributed by atoms with E-state index in [-0.39, 0.29) is 101 Å². The quantitative estimate of drug-likeness (QED) is 0.0298. The Hall–Kier alpha value is -13.5. The molecular weight excluding hydrogens is 1740 g/mol. The first-order chi connectivity index (χ1) is 63.4. The lowest BCUT2D eigenvalue weighted by Crippen LogP contribution is -2.62. The molecule has 9 rings (SSSR count). The molecule has 3 aromatic heterocycles. The summed E-state index contributed by atoms with van der Waals surface area (Å²) in [4.78, 5) is 281. The van der Waals surface area contributed by atoms with Crippen molar-refractivity contribution in [1.82, 2.24) is 97.6 Å². The summed E-state index contributed by atoms with van der Waals surface area (Å²) in [5.41, 5.74) is 19.8. The largest absolute Gasteiger partial charge is 0.508 e. The third-order valence-electron chi connectivity index (χ3n) is 24.0. The topological polar surface area (TPSA) is 623 Å². The lowest BCUT2D eigenvalue weighted by molar-refractivity contribution is -0.149. The van der Waals surface area contributed by atoms with Gasteiger partial charge in [0.25, 0.3) is 0 Å². The van der Waals surface area contributed by atoms with Gasteiger partial charge in [-0.25, -0.2) is 4.98 Å². The van der Waals surface area contributed by atoms with Crippen molar-refractivity contribution < 1.29 is 96.5 Å². The van der Waals surface area contributed by atoms with Crippen LogP contribution < -0.4 is 70.4 Å². The average Bonchev–Trinajstić information content (AvgIpc) is 1.75. The first-order valence-electron chi connectivity index (χ1n) is 44.7. The van der Waals surface area contributed by atoms with E-state index in [1.54, 1.807) is 74.8 Å². The molecule has 3 fully saturated rings. The number of para-hydroxylation sites is 2. The summed E-state index contributed by atoms with van der Waals surface area (Å²) in [6.07, 6.45) is 5.05. The van der Waals surface area contributed by atoms with Crippen molar-refractivity contribution in [1.29, 1.82) is 0 Å². The Kier molecular flexibility index (Phi) is 38.1. The van der Waals surface area contributed by atoms with Crippen LogP contribution in [0.2, 0.25) is 0 Å². The lowest BCUT2D eigenvalue weighted by atomic mass is 9.99. The Morgan fingerprint density at radius 2 is 1.01 bits per heavy atom. The maximum atomic E-state index is 15.7. The molecule has 0 saturated carbocycles. The summed E-state index contributed by atoms with van der Waals surface area (Å²) in [5.74, 6) is -18.1. The number of aromatic nitrogens is 4. The van der Waals surface area contributed by atoms with Crippen molar-refractivity contribution in [3.63, 3.8) is 0 Å². The number of rotatable bonds is 25. The Morgan fingerprint density at radius 3 is 1.56 bits per heavy atom. The van der Waals surface area contributed by atoms with Crippen molar-refractivity contribution in [2.45, 2.75) is 235 Å². The number of phenolic OH excluding ortho intramolecular Hbond substituents is 1. The number of fused-ring (bicyclic) bond motifs is 4. The molecule has 0 spiro atoms. The number of primary amides is 3. The minimum atomic E-state index is -1.87. The van der Waals surface area contributed by atoms with Crippen LogP contribution in [0.5, 0.6) is 5.75 Å². The third-order valence-corrected chi connectivity index (χ3v) is 25.0. The predicted molar refractivity (Wildman–Crippen MR) is 488 cm³/mol. The Bertz CT molecular complexity index is 5160. The minimum absolute atomic E-state index is 0.0166. The normalized spacial score (nSPS) is 24.4. The number of unbranched alkanes of at least 4 members (excludes halogenated alkanes) is 2. The van der Waals surface area contributed by atoms with E-state index in [0.717, 1.165) is 31.4 Å². The summed E-state index contributed by atoms with van der Waals surface area (Å²) in [6.45, 7) is 6.47. The van der Waals surface area contributed by atoms with Crippen molar-refractivity contribution in [2.24, 2.45) is 23.1 Å². The SMILES string of the molecule is CCCC[C@H]1C(=O)N(C)[C@@H](CCCC)C(=O)N[C@@H](CC(C)C)C(=O)N[C@H](C(=O)NCC(N)=O)CSCC(=O)NC(Cc2ccc(O)cc2)C(=O)N(C)[C@@H](C)C(=O)N[C@@H](CC(N)=O)C(=O)N2CCC[C@H]2C(=O)N[C@@H](Cc2c[nH]cn2)C(=O)N[C@@H](CCC(N)=O)C(=O)N2CCC[C@H]2C(=O)N[C@@H](Cc2c[nH]c3ccccc23)C(=O)N[C@@H](CO)C(=O)N[C@@H](Cc2c[nH]c3ccccc23)C(=O)N1C. The summed E-state index contributed by atoms with van der Waals surface area (Å²) in [5, 5.41) is 49.2. The molecule has 3 saturated heterocycles. The summed E-state index contributed by atoms with van der Waals surface area (Å²) >= 11 is 0.791. The maximum absolute atomic E-state index is 15.7. The fraction of sp³-hybridized carbons (Fsp3) is 0.522. The van der Waals surface area contributed by atoms with Crippen molar-refractivity contribution in [3.8, 4) is 5.75 Å². The second-order valence-electron chi connectivity index (χ2n) is 34.3. The number of carbonyl (C=O) groups excluding carboxylic acids is 18. The van der Waals surface area contributed by atoms with Gasteiger partial charge >= 0.3 is 0 Å². The number of nitrogens with two attached hydrogens (primary N) is 3. The van der Waals surface area contributed by atoms with E-state index in [1.165, 1.54) is 69.8 Å². The highest BCUT2D eigenvalue weighted by Gasteiger charge is 2.46. The van der Waals surface area contributed by atoms with Gasteiger partial charge in [0.05, 0.1) is 37.3 Å². The zero-order valence-electron chi connectivity index (χ0n) is 75.9. The van der Waals surface area contributed by atoms with E-state index in [1.807, 2.05) is 13.8 Å². The number of carbonyl (C=O) groups is 18. The molecule has 43 heteroatoms. The Labute approximate surface area is 772 Å². The number of likely N-dealkylation sites (N-methyl/N-ethyl adjacent to an activating group) is 3. The van der Waals surface area contributed by atoms with Crippen LogP contribution in [0.3, 0.4) is 0 Å². The van der Waals surface area contributed by atoms with E-state index >= 15 is 38.4 Å². The summed E-state index contributed by atoms with van der Waals surface area (Å²) in [6, 6.07) is -1.87. The van der Waals surface area contributed by atoms with Crippen LogP contribution in [0.1, 0.15) is 147 Å². The lowest BCUT2D eigenvalue weighted by Gasteiger charge is -2.36. The van der Waals surface area contributed by atoms with Gasteiger partial charge in [0.1, 0.15) is 90.3 Å². The summed E-state index contributed by atoms with van der Waals surface area (Å²) < 4.78 is 0. The van der Waals surface area contributed by atoms with Gasteiger partial charge in [-0.2, -0.15) is 0 Å². The number of aromatic hydroxyl groups is 1. The molecule has 6 heterocycles. The van der Waals surface area contributed by atoms with Gasteiger partial charge in [0, 0.05) is 112 Å². The van der Waals surface area contributed by atoms with Crippen LogP contribution in [-0.2, 0) is 112 Å². The number of thioether (sulfide) groups is 1. The number of aliphatic hydroxyl groups excluding tert-OH is 1. The van der Waals surface area contributed by atoms with Gasteiger partial charge in [-0.1, -0.05) is 102 Å². The molecule has 3 aliphatic heterocycles. The molecule has 720 valence electrons. The van der Waals surface area contributed by atoms with E-state index in [2.05, 4.69) is 73.1 Å². The number of hydrogen-bond acceptors (Lipinski definition) is 22. The molecule has 21 N–H and O–H groups in total. The second-order valence-corrected chi connectivity index (χ2v) is 35.3. The molecule has 0 bridgehead atoms. The number of imidazole rings is 1. The molecule has 3 aliphatic rings. The molecule has 3 aromatic carbocycles. The van der Waals surface area contributed by atoms with Gasteiger partial charge < -0.3 is 120 Å². The second kappa shape index (κ2) is 49.1. The molecule has 42 nitrogen and oxygen atoms in total. The number of nitrogens with one attached hydrogen (secondary N) is 13. The van der Waals surface area contributed by atoms with E-state index < -0.39 is 235 Å². The first-order valence-corrected chi connectivity index (χ1v) is 45.9. The molecule has 0 aliphatic carbocycles. The molecule has 133 heavy (non-hydrogen) atoms. The first kappa shape index (κ1) is 103. The average molecular weight is 1870 g/mol. The number of benzene rings is 3. The van der Waals surface area contributed by atoms with Crippen LogP contribution in [0.4, 0.5) is 0 Å². The van der Waals surface area contributed by atoms with Gasteiger partial charge in [-0.3, -0.25) is 86.3 Å². The minimum Gasteiger partial charge on any atom is -0.508 e. The molecule has 18 amide bonds. The highest BCUT2D eigenvalue weighted by atomic mass is 32.2. The molecule has 0 radical (unpaired) electrons. The summed E-state index contributed by atoms with van der Waals surface area (Å²) in [7, 11) is 3.95. The molecule has 6 aromatic rings. The van der Waals surface area contributed by atoms with E-state index in [0.29, 0.717) is 64.2 Å². The van der Waals surface area contributed by atoms with E-state index in [4.69, 9.17) is 17.2 Å². The number of aliphatic hydroxyl groups is 1. The fourth-order valence-electron chi connectivity index (χ4n) is 16.5. The number of amides is 18. The zero-order valence-corrected chi connectivity index (χ0v) is 76.8. The van der Waals surface area contributed by atoms with Gasteiger partial charge in [0.15, 0.2) is 0 Å². The van der Waals surface area contributed by atoms with Crippen LogP contribution in [-0.4, -0.2) is 304 Å². The van der Waals surface area contributed by atoms with Crippen molar-refractivity contribution in [3.05, 3.63) is 120 Å². The standard InChI is InChI=1S/C90H124N22O20S/c1-9-11-23-69-83(125)101-61(35-49(3)4)79(121)107-68(78(120)97-44-75(93)117)46-133-47-76(118)99-64(36-51-27-29-55(114)30-28-51)86(128)108(6)50(5)77(119)104-66(40-74(92)116)89(131)112-34-18-26-71(112)85(127)103-63(39-54-43-94-48-98-54)81(123)100-60(31-32-73(91)115)88(130)111-33-17-25-70(111)84(126)102-62(37-52-41-95-58-21-15-13-19-56(52)58)80(122)106-67(45-113)82(124)105-65(38-53-42-96-59-22-16-14-20-57(53)59)87(129)110(8)72(24-12-10-2)90(132)109(69)7/h13-16,19-22,27-30,41-43,48-50,60-72,95-96,113-114H,9-12,17-18,23-26,31-40,44-47H2,1-8H3,(H2,91,115)(H2,92,116)(H2,93,117)(H,94,98)(H,97,120)(H,99,118)(H,100,123)(H,101,125)(H,102,126)(H,103,127)(H,104,119)(H,105,124)(H,106,122)(H,107,121)/t50-,60-,61-,62-,63-,64?,65-,66-,67-,68-,69-,70-,71-,72-/m0/s1. The van der Waals surface area contributed by atoms with Gasteiger partial charge in [0.2, 0.25) is 106 Å². The predicted octanol–water partition coefficient (Wildman–Crippen LogP) is -1.90. The third kappa shape index (κ3) is 28.5. The fourth-order valence-corrected chi connectivity index (χ4v) is 17.4. The van der Waals surface area contributed by atoms with Crippen LogP contribution in [0, 0.1) is 5.92 Å². The molecule has 14 atom stereocenters. The van der Waals surface area contributed by atoms with Crippen molar-refractivity contribution >= 4 is 140 Å². The van der Waals surface area contributed by atoms with Gasteiger partial charge in [-0.05, 0) is 105 Å². The smallest absolute Gasteiger partial charge is 0.246 e. The molecular formula is C90H124N22O20S.